The van der Waals surface area contributed by atoms with Crippen LogP contribution in [0.3, 0.4) is 0 Å². The van der Waals surface area contributed by atoms with Crippen LogP contribution in [0.4, 0.5) is 8.78 Å². The lowest BCUT2D eigenvalue weighted by molar-refractivity contribution is 0.146. The van der Waals surface area contributed by atoms with Crippen molar-refractivity contribution >= 4 is 11.6 Å². The molecular formula is C7H6ClF2N. The number of rotatable bonds is 1. The van der Waals surface area contributed by atoms with Crippen molar-refractivity contribution in [3.05, 3.63) is 28.5 Å². The summed E-state index contributed by atoms with van der Waals surface area (Å²) in [4.78, 5) is 3.45. The topological polar surface area (TPSA) is 12.9 Å². The number of pyridine rings is 1. The Morgan fingerprint density at radius 1 is 1.45 bits per heavy atom. The van der Waals surface area contributed by atoms with Gasteiger partial charge in [0.25, 0.3) is 6.43 Å². The molecule has 0 atom stereocenters. The van der Waals surface area contributed by atoms with E-state index in [-0.39, 0.29) is 10.8 Å². The molecule has 1 aromatic heterocycles. The van der Waals surface area contributed by atoms with E-state index < -0.39 is 6.43 Å². The Morgan fingerprint density at radius 3 is 2.55 bits per heavy atom. The number of alkyl halides is 2. The van der Waals surface area contributed by atoms with Crippen molar-refractivity contribution < 1.29 is 8.78 Å². The maximum Gasteiger partial charge on any atom is 0.280 e. The molecule has 0 radical (unpaired) electrons. The Labute approximate surface area is 68.0 Å². The monoisotopic (exact) mass is 177 g/mol. The van der Waals surface area contributed by atoms with E-state index in [2.05, 4.69) is 4.98 Å². The lowest BCUT2D eigenvalue weighted by Crippen LogP contribution is -1.90. The van der Waals surface area contributed by atoms with Crippen LogP contribution in [0.5, 0.6) is 0 Å². The van der Waals surface area contributed by atoms with E-state index in [0.717, 1.165) is 0 Å². The second kappa shape index (κ2) is 3.13. The van der Waals surface area contributed by atoms with Crippen LogP contribution in [0.15, 0.2) is 12.1 Å². The Balaban J connectivity index is 3.08. The van der Waals surface area contributed by atoms with Gasteiger partial charge in [-0.1, -0.05) is 11.6 Å². The second-order valence-corrected chi connectivity index (χ2v) is 2.58. The number of halogens is 3. The molecule has 0 aliphatic rings. The molecule has 0 unspecified atom stereocenters. The van der Waals surface area contributed by atoms with Crippen LogP contribution in [0.25, 0.3) is 0 Å². The molecule has 11 heavy (non-hydrogen) atoms. The van der Waals surface area contributed by atoms with Crippen molar-refractivity contribution in [2.24, 2.45) is 0 Å². The molecule has 0 aliphatic carbocycles. The summed E-state index contributed by atoms with van der Waals surface area (Å²) in [6.45, 7) is 1.69. The number of hydrogen-bond donors (Lipinski definition) is 0. The molecule has 1 heterocycles. The third kappa shape index (κ3) is 2.12. The van der Waals surface area contributed by atoms with E-state index in [9.17, 15) is 8.78 Å². The van der Waals surface area contributed by atoms with E-state index in [1.807, 2.05) is 0 Å². The summed E-state index contributed by atoms with van der Waals surface area (Å²) in [6.07, 6.45) is -2.55. The summed E-state index contributed by atoms with van der Waals surface area (Å²) < 4.78 is 24.0. The fourth-order valence-electron chi connectivity index (χ4n) is 0.762. The van der Waals surface area contributed by atoms with Crippen LogP contribution in [0.2, 0.25) is 5.15 Å². The molecule has 0 bridgehead atoms. The average Bonchev–Trinajstić information content (AvgIpc) is 1.85. The number of aryl methyl sites for hydroxylation is 1. The van der Waals surface area contributed by atoms with Gasteiger partial charge in [-0.05, 0) is 24.6 Å². The van der Waals surface area contributed by atoms with Crippen LogP contribution in [0.1, 0.15) is 17.7 Å². The molecule has 0 amide bonds. The van der Waals surface area contributed by atoms with Gasteiger partial charge in [0.1, 0.15) is 10.8 Å². The summed E-state index contributed by atoms with van der Waals surface area (Å²) in [5, 5.41) is 0.111. The quantitative estimate of drug-likeness (QED) is 0.601. The highest BCUT2D eigenvalue weighted by atomic mass is 35.5. The fourth-order valence-corrected chi connectivity index (χ4v) is 1.03. The van der Waals surface area contributed by atoms with Crippen LogP contribution in [-0.4, -0.2) is 4.98 Å². The van der Waals surface area contributed by atoms with Crippen molar-refractivity contribution in [3.8, 4) is 0 Å². The zero-order valence-electron chi connectivity index (χ0n) is 5.81. The second-order valence-electron chi connectivity index (χ2n) is 2.19. The highest BCUT2D eigenvalue weighted by molar-refractivity contribution is 6.29. The van der Waals surface area contributed by atoms with E-state index in [4.69, 9.17) is 11.6 Å². The number of hydrogen-bond acceptors (Lipinski definition) is 1. The first-order valence-corrected chi connectivity index (χ1v) is 3.39. The first kappa shape index (κ1) is 8.40. The van der Waals surface area contributed by atoms with Crippen LogP contribution >= 0.6 is 11.6 Å². The molecule has 1 aromatic rings. The minimum absolute atomic E-state index is 0.111. The average molecular weight is 178 g/mol. The van der Waals surface area contributed by atoms with Crippen molar-refractivity contribution in [1.82, 2.24) is 4.98 Å². The van der Waals surface area contributed by atoms with Crippen molar-refractivity contribution in [2.75, 3.05) is 0 Å². The summed E-state index contributed by atoms with van der Waals surface area (Å²) in [5.74, 6) is 0. The van der Waals surface area contributed by atoms with Crippen LogP contribution in [0, 0.1) is 6.92 Å². The molecule has 0 saturated heterocycles. The molecule has 0 N–H and O–H groups in total. The normalized spacial score (nSPS) is 10.6. The van der Waals surface area contributed by atoms with Gasteiger partial charge in [-0.15, -0.1) is 0 Å². The summed E-state index contributed by atoms with van der Waals surface area (Å²) in [6, 6.07) is 2.85. The lowest BCUT2D eigenvalue weighted by Gasteiger charge is -2.00. The molecule has 1 rings (SSSR count). The predicted octanol–water partition coefficient (Wildman–Crippen LogP) is 2.98. The molecule has 0 saturated carbocycles. The van der Waals surface area contributed by atoms with Gasteiger partial charge in [-0.3, -0.25) is 0 Å². The van der Waals surface area contributed by atoms with E-state index in [1.165, 1.54) is 12.1 Å². The van der Waals surface area contributed by atoms with Crippen molar-refractivity contribution in [3.63, 3.8) is 0 Å². The van der Waals surface area contributed by atoms with Gasteiger partial charge < -0.3 is 0 Å². The van der Waals surface area contributed by atoms with E-state index in [1.54, 1.807) is 6.92 Å². The van der Waals surface area contributed by atoms with Gasteiger partial charge >= 0.3 is 0 Å². The fraction of sp³-hybridized carbons (Fsp3) is 0.286. The van der Waals surface area contributed by atoms with Gasteiger partial charge in [0.05, 0.1) is 0 Å². The molecule has 0 aliphatic heterocycles. The standard InChI is InChI=1S/C7H6ClF2N/c1-4-2-5(7(9)10)11-6(8)3-4/h2-3,7H,1H3. The Hall–Kier alpha value is -0.700. The Bertz CT molecular complexity index is 242. The third-order valence-corrected chi connectivity index (χ3v) is 1.38. The zero-order valence-corrected chi connectivity index (χ0v) is 6.57. The highest BCUT2D eigenvalue weighted by Gasteiger charge is 2.09. The third-order valence-electron chi connectivity index (χ3n) is 1.18. The van der Waals surface area contributed by atoms with E-state index in [0.29, 0.717) is 5.56 Å². The Morgan fingerprint density at radius 2 is 2.09 bits per heavy atom. The smallest absolute Gasteiger partial charge is 0.235 e. The first-order chi connectivity index (χ1) is 5.09. The maximum atomic E-state index is 12.0. The molecule has 0 fully saturated rings. The molecule has 0 spiro atoms. The van der Waals surface area contributed by atoms with Crippen LogP contribution in [-0.2, 0) is 0 Å². The Kier molecular flexibility index (Phi) is 2.39. The molecule has 0 aromatic carbocycles. The summed E-state index contributed by atoms with van der Waals surface area (Å²) in [5.41, 5.74) is 0.426. The SMILES string of the molecule is Cc1cc(Cl)nc(C(F)F)c1. The minimum atomic E-state index is -2.55. The maximum absolute atomic E-state index is 12.0. The minimum Gasteiger partial charge on any atom is -0.235 e. The lowest BCUT2D eigenvalue weighted by atomic mass is 10.2. The zero-order chi connectivity index (χ0) is 8.43. The van der Waals surface area contributed by atoms with Gasteiger partial charge in [0, 0.05) is 0 Å². The molecular weight excluding hydrogens is 172 g/mol. The summed E-state index contributed by atoms with van der Waals surface area (Å²) >= 11 is 5.45. The van der Waals surface area contributed by atoms with Gasteiger partial charge in [-0.25, -0.2) is 13.8 Å². The first-order valence-electron chi connectivity index (χ1n) is 3.02. The molecule has 60 valence electrons. The van der Waals surface area contributed by atoms with Crippen molar-refractivity contribution in [2.45, 2.75) is 13.3 Å². The van der Waals surface area contributed by atoms with Crippen molar-refractivity contribution in [1.29, 1.82) is 0 Å². The summed E-state index contributed by atoms with van der Waals surface area (Å²) in [7, 11) is 0. The van der Waals surface area contributed by atoms with Crippen LogP contribution < -0.4 is 0 Å². The highest BCUT2D eigenvalue weighted by Crippen LogP contribution is 2.19. The predicted molar refractivity (Wildman–Crippen MR) is 38.9 cm³/mol. The molecule has 1 nitrogen and oxygen atoms in total. The molecule has 4 heteroatoms. The number of nitrogens with zero attached hydrogens (tertiary/aromatic N) is 1. The number of aromatic nitrogens is 1. The van der Waals surface area contributed by atoms with Gasteiger partial charge in [-0.2, -0.15) is 0 Å². The van der Waals surface area contributed by atoms with E-state index >= 15 is 0 Å². The largest absolute Gasteiger partial charge is 0.280 e. The van der Waals surface area contributed by atoms with Gasteiger partial charge in [0.15, 0.2) is 0 Å². The van der Waals surface area contributed by atoms with Gasteiger partial charge in [0.2, 0.25) is 0 Å².